The zero-order valence-electron chi connectivity index (χ0n) is 11.3. The fourth-order valence-electron chi connectivity index (χ4n) is 3.14. The summed E-state index contributed by atoms with van der Waals surface area (Å²) < 4.78 is 39.5. The maximum atomic E-state index is 11.8. The molecule has 3 aliphatic rings. The highest BCUT2D eigenvalue weighted by atomic mass is 32.2. The number of hydrogen-bond donors (Lipinski definition) is 1. The Bertz CT molecular complexity index is 615. The minimum atomic E-state index is -3.67. The van der Waals surface area contributed by atoms with Gasteiger partial charge < -0.3 is 14.8 Å². The van der Waals surface area contributed by atoms with Crippen molar-refractivity contribution in [2.24, 2.45) is 0 Å². The average Bonchev–Trinajstić information content (AvgIpc) is 2.95. The molecular formula is C12H15NO7S. The van der Waals surface area contributed by atoms with Crippen molar-refractivity contribution in [2.45, 2.75) is 42.5 Å². The second kappa shape index (κ2) is 4.52. The third-order valence-corrected chi connectivity index (χ3v) is 5.74. The van der Waals surface area contributed by atoms with Gasteiger partial charge >= 0.3 is 5.97 Å². The normalized spacial score (nSPS) is 41.8. The van der Waals surface area contributed by atoms with Gasteiger partial charge in [0.15, 0.2) is 6.10 Å². The molecule has 5 atom stereocenters. The monoisotopic (exact) mass is 317 g/mol. The molecule has 3 rings (SSSR count). The Balaban J connectivity index is 1.69. The third-order valence-electron chi connectivity index (χ3n) is 4.07. The van der Waals surface area contributed by atoms with Crippen molar-refractivity contribution in [3.63, 3.8) is 0 Å². The highest BCUT2D eigenvalue weighted by Crippen LogP contribution is 2.53. The van der Waals surface area contributed by atoms with Crippen molar-refractivity contribution in [3.05, 3.63) is 12.7 Å². The van der Waals surface area contributed by atoms with E-state index in [1.807, 2.05) is 0 Å². The summed E-state index contributed by atoms with van der Waals surface area (Å²) in [6, 6.07) is 0. The van der Waals surface area contributed by atoms with Crippen LogP contribution in [0.2, 0.25) is 0 Å². The second-order valence-corrected chi connectivity index (χ2v) is 7.31. The van der Waals surface area contributed by atoms with Gasteiger partial charge in [0.1, 0.15) is 29.6 Å². The van der Waals surface area contributed by atoms with Gasteiger partial charge in [-0.3, -0.25) is 13.8 Å². The quantitative estimate of drug-likeness (QED) is 0.396. The SMILES string of the molecule is C=CC(=O)NCC(=O)OC1C2OS(=O)(=O)C3CC1(C)OC23. The summed E-state index contributed by atoms with van der Waals surface area (Å²) in [6.07, 6.45) is -0.942. The van der Waals surface area contributed by atoms with Gasteiger partial charge in [0.2, 0.25) is 5.91 Å². The molecule has 0 aromatic carbocycles. The molecule has 116 valence electrons. The molecule has 5 unspecified atom stereocenters. The van der Waals surface area contributed by atoms with Gasteiger partial charge in [0, 0.05) is 6.42 Å². The molecule has 21 heavy (non-hydrogen) atoms. The molecule has 3 fully saturated rings. The number of ether oxygens (including phenoxy) is 2. The van der Waals surface area contributed by atoms with Crippen molar-refractivity contribution >= 4 is 22.0 Å². The molecule has 0 aromatic heterocycles. The van der Waals surface area contributed by atoms with E-state index in [1.165, 1.54) is 0 Å². The first-order chi connectivity index (χ1) is 9.77. The molecule has 0 aliphatic carbocycles. The molecule has 0 spiro atoms. The Morgan fingerprint density at radius 2 is 2.19 bits per heavy atom. The molecule has 3 aliphatic heterocycles. The first kappa shape index (κ1) is 14.5. The van der Waals surface area contributed by atoms with Gasteiger partial charge in [-0.05, 0) is 13.0 Å². The lowest BCUT2D eigenvalue weighted by molar-refractivity contribution is -0.159. The van der Waals surface area contributed by atoms with Gasteiger partial charge in [-0.25, -0.2) is 0 Å². The largest absolute Gasteiger partial charge is 0.455 e. The van der Waals surface area contributed by atoms with Crippen LogP contribution in [0.4, 0.5) is 0 Å². The van der Waals surface area contributed by atoms with Crippen molar-refractivity contribution < 1.29 is 31.7 Å². The van der Waals surface area contributed by atoms with Crippen LogP contribution in [-0.4, -0.2) is 56.0 Å². The molecule has 2 bridgehead atoms. The van der Waals surface area contributed by atoms with Crippen molar-refractivity contribution in [1.29, 1.82) is 0 Å². The molecule has 8 nitrogen and oxygen atoms in total. The Morgan fingerprint density at radius 1 is 1.48 bits per heavy atom. The first-order valence-corrected chi connectivity index (χ1v) is 7.94. The van der Waals surface area contributed by atoms with E-state index in [2.05, 4.69) is 11.9 Å². The van der Waals surface area contributed by atoms with Gasteiger partial charge in [-0.15, -0.1) is 0 Å². The Labute approximate surface area is 121 Å². The van der Waals surface area contributed by atoms with Crippen LogP contribution in [-0.2, 0) is 33.4 Å². The van der Waals surface area contributed by atoms with E-state index in [0.717, 1.165) is 6.08 Å². The fraction of sp³-hybridized carbons (Fsp3) is 0.667. The molecule has 0 saturated carbocycles. The van der Waals surface area contributed by atoms with E-state index in [1.54, 1.807) is 6.92 Å². The van der Waals surface area contributed by atoms with E-state index >= 15 is 0 Å². The van der Waals surface area contributed by atoms with Crippen LogP contribution in [0, 0.1) is 0 Å². The third kappa shape index (κ3) is 2.16. The number of carbonyl (C=O) groups excluding carboxylic acids is 2. The lowest BCUT2D eigenvalue weighted by Gasteiger charge is -2.29. The summed E-state index contributed by atoms with van der Waals surface area (Å²) >= 11 is 0. The average molecular weight is 317 g/mol. The van der Waals surface area contributed by atoms with E-state index in [4.69, 9.17) is 13.7 Å². The minimum Gasteiger partial charge on any atom is -0.455 e. The topological polar surface area (TPSA) is 108 Å². The first-order valence-electron chi connectivity index (χ1n) is 6.46. The summed E-state index contributed by atoms with van der Waals surface area (Å²) in [4.78, 5) is 22.7. The standard InChI is InChI=1S/C12H15NO7S/c1-3-7(14)13-5-8(15)18-11-10-9-6(21(16,17)20-10)4-12(11,2)19-9/h3,6,9-11H,1,4-5H2,2H3,(H,13,14). The van der Waals surface area contributed by atoms with Crippen LogP contribution >= 0.6 is 0 Å². The van der Waals surface area contributed by atoms with Crippen LogP contribution in [0.25, 0.3) is 0 Å². The van der Waals surface area contributed by atoms with Crippen molar-refractivity contribution in [2.75, 3.05) is 6.54 Å². The number of esters is 1. The smallest absolute Gasteiger partial charge is 0.325 e. The van der Waals surface area contributed by atoms with E-state index < -0.39 is 51.2 Å². The number of amides is 1. The number of nitrogens with one attached hydrogen (secondary N) is 1. The maximum absolute atomic E-state index is 11.8. The van der Waals surface area contributed by atoms with Crippen LogP contribution in [0.15, 0.2) is 12.7 Å². The molecular weight excluding hydrogens is 302 g/mol. The maximum Gasteiger partial charge on any atom is 0.325 e. The predicted molar refractivity (Wildman–Crippen MR) is 68.6 cm³/mol. The van der Waals surface area contributed by atoms with Crippen LogP contribution in [0.5, 0.6) is 0 Å². The van der Waals surface area contributed by atoms with Gasteiger partial charge in [-0.2, -0.15) is 8.42 Å². The molecule has 1 amide bonds. The summed E-state index contributed by atoms with van der Waals surface area (Å²) in [6.45, 7) is 4.63. The number of carbonyl (C=O) groups is 2. The molecule has 3 heterocycles. The van der Waals surface area contributed by atoms with Crippen molar-refractivity contribution in [3.8, 4) is 0 Å². The molecule has 9 heteroatoms. The molecule has 0 aromatic rings. The predicted octanol–water partition coefficient (Wildman–Crippen LogP) is -1.14. The summed E-state index contributed by atoms with van der Waals surface area (Å²) in [7, 11) is -3.67. The Kier molecular flexibility index (Phi) is 3.12. The van der Waals surface area contributed by atoms with Gasteiger partial charge in [0.05, 0.1) is 0 Å². The summed E-state index contributed by atoms with van der Waals surface area (Å²) in [5, 5.41) is 1.60. The molecule has 0 radical (unpaired) electrons. The summed E-state index contributed by atoms with van der Waals surface area (Å²) in [5.41, 5.74) is -0.873. The Morgan fingerprint density at radius 3 is 2.86 bits per heavy atom. The highest BCUT2D eigenvalue weighted by Gasteiger charge is 2.72. The number of fused-ring (bicyclic) bond motifs is 1. The fourth-order valence-corrected chi connectivity index (χ4v) is 4.87. The lowest BCUT2D eigenvalue weighted by Crippen LogP contribution is -2.48. The van der Waals surface area contributed by atoms with E-state index in [-0.39, 0.29) is 13.0 Å². The lowest BCUT2D eigenvalue weighted by atomic mass is 9.85. The zero-order valence-corrected chi connectivity index (χ0v) is 12.1. The van der Waals surface area contributed by atoms with Gasteiger partial charge in [-0.1, -0.05) is 6.58 Å². The molecule has 1 N–H and O–H groups in total. The number of rotatable bonds is 4. The van der Waals surface area contributed by atoms with E-state index in [9.17, 15) is 18.0 Å². The van der Waals surface area contributed by atoms with Crippen LogP contribution < -0.4 is 5.32 Å². The van der Waals surface area contributed by atoms with Crippen LogP contribution in [0.3, 0.4) is 0 Å². The van der Waals surface area contributed by atoms with Gasteiger partial charge in [0.25, 0.3) is 10.1 Å². The second-order valence-electron chi connectivity index (χ2n) is 5.52. The number of hydrogen-bond acceptors (Lipinski definition) is 7. The Hall–Kier alpha value is -1.45. The van der Waals surface area contributed by atoms with Crippen LogP contribution in [0.1, 0.15) is 13.3 Å². The highest BCUT2D eigenvalue weighted by molar-refractivity contribution is 7.87. The zero-order chi connectivity index (χ0) is 15.4. The van der Waals surface area contributed by atoms with Crippen molar-refractivity contribution in [1.82, 2.24) is 5.32 Å². The molecule has 3 saturated heterocycles. The summed E-state index contributed by atoms with van der Waals surface area (Å²) in [5.74, 6) is -1.18. The van der Waals surface area contributed by atoms with E-state index in [0.29, 0.717) is 0 Å². The minimum absolute atomic E-state index is 0.230.